The lowest BCUT2D eigenvalue weighted by Gasteiger charge is -2.10. The topological polar surface area (TPSA) is 93.2 Å². The van der Waals surface area contributed by atoms with Crippen LogP contribution in [0.25, 0.3) is 17.0 Å². The number of carboxylic acid groups (broad SMARTS) is 2. The normalized spacial score (nSPS) is 12.4. The smallest absolute Gasteiger partial charge is 0.0718 e. The summed E-state index contributed by atoms with van der Waals surface area (Å²) in [5, 5.41) is 22.6. The average Bonchev–Trinajstić information content (AvgIpc) is 2.43. The van der Waals surface area contributed by atoms with Crippen molar-refractivity contribution in [2.75, 3.05) is 0 Å². The molecule has 0 fully saturated rings. The molecule has 0 saturated heterocycles. The number of pyridine rings is 1. The first-order valence-electron chi connectivity index (χ1n) is 6.16. The standard InChI is InChI=1S/C16H13NO4/c1-10(8-15(18)19)13(16(20)21)9-12-7-6-11-4-2-3-5-14(11)17-12/h2-9H,1H3,(H,18,19)(H,20,21)/p-2/b10-8+,13-9+. The number of carboxylic acids is 2. The Labute approximate surface area is 120 Å². The van der Waals surface area contributed by atoms with Crippen LogP contribution in [-0.2, 0) is 9.59 Å². The minimum Gasteiger partial charge on any atom is -0.545 e. The SMILES string of the molecule is CC(=C\C(=O)[O-])/C(=C\c1ccc2ccccc2n1)C(=O)[O-]. The van der Waals surface area contributed by atoms with Gasteiger partial charge in [-0.05, 0) is 36.8 Å². The van der Waals surface area contributed by atoms with Gasteiger partial charge in [0.05, 0.1) is 23.1 Å². The molecule has 2 aromatic rings. The highest BCUT2D eigenvalue weighted by molar-refractivity contribution is 5.97. The molecule has 0 aliphatic rings. The molecule has 0 aliphatic carbocycles. The second kappa shape index (κ2) is 6.00. The Morgan fingerprint density at radius 3 is 2.48 bits per heavy atom. The number of nitrogens with zero attached hydrogens (tertiary/aromatic N) is 1. The van der Waals surface area contributed by atoms with Gasteiger partial charge in [0.15, 0.2) is 0 Å². The summed E-state index contributed by atoms with van der Waals surface area (Å²) in [4.78, 5) is 26.0. The predicted octanol–water partition coefficient (Wildman–Crippen LogP) is 0.0643. The van der Waals surface area contributed by atoms with Crippen LogP contribution in [0.2, 0.25) is 0 Å². The van der Waals surface area contributed by atoms with E-state index in [4.69, 9.17) is 0 Å². The van der Waals surface area contributed by atoms with Gasteiger partial charge in [-0.15, -0.1) is 0 Å². The lowest BCUT2D eigenvalue weighted by Crippen LogP contribution is -2.26. The second-order valence-electron chi connectivity index (χ2n) is 4.42. The van der Waals surface area contributed by atoms with Crippen molar-refractivity contribution in [1.82, 2.24) is 4.98 Å². The third kappa shape index (κ3) is 3.54. The van der Waals surface area contributed by atoms with Crippen molar-refractivity contribution in [3.63, 3.8) is 0 Å². The Balaban J connectivity index is 2.49. The summed E-state index contributed by atoms with van der Waals surface area (Å²) in [7, 11) is 0. The van der Waals surface area contributed by atoms with Crippen LogP contribution in [0.15, 0.2) is 53.6 Å². The molecule has 1 aromatic heterocycles. The van der Waals surface area contributed by atoms with Crippen molar-refractivity contribution in [3.8, 4) is 0 Å². The molecule has 1 heterocycles. The number of aliphatic carboxylic acids is 2. The fourth-order valence-electron chi connectivity index (χ4n) is 1.90. The monoisotopic (exact) mass is 281 g/mol. The van der Waals surface area contributed by atoms with E-state index in [1.165, 1.54) is 13.0 Å². The Hall–Kier alpha value is -2.95. The lowest BCUT2D eigenvalue weighted by molar-refractivity contribution is -0.298. The number of rotatable bonds is 4. The largest absolute Gasteiger partial charge is 0.545 e. The van der Waals surface area contributed by atoms with Gasteiger partial charge >= 0.3 is 0 Å². The van der Waals surface area contributed by atoms with E-state index in [0.717, 1.165) is 5.39 Å². The number of carbonyl (C=O) groups excluding carboxylic acids is 2. The third-order valence-corrected chi connectivity index (χ3v) is 2.89. The van der Waals surface area contributed by atoms with Crippen molar-refractivity contribution in [1.29, 1.82) is 0 Å². The molecule has 0 amide bonds. The van der Waals surface area contributed by atoms with E-state index in [-0.39, 0.29) is 11.1 Å². The third-order valence-electron chi connectivity index (χ3n) is 2.89. The lowest BCUT2D eigenvalue weighted by atomic mass is 10.1. The molecule has 5 heteroatoms. The number of carbonyl (C=O) groups is 2. The maximum Gasteiger partial charge on any atom is 0.0718 e. The highest BCUT2D eigenvalue weighted by Gasteiger charge is 2.04. The van der Waals surface area contributed by atoms with Gasteiger partial charge in [0.2, 0.25) is 0 Å². The summed E-state index contributed by atoms with van der Waals surface area (Å²) in [5.74, 6) is -2.94. The number of hydrogen-bond donors (Lipinski definition) is 0. The van der Waals surface area contributed by atoms with E-state index in [0.29, 0.717) is 17.3 Å². The van der Waals surface area contributed by atoms with Crippen molar-refractivity contribution < 1.29 is 19.8 Å². The summed E-state index contributed by atoms with van der Waals surface area (Å²) >= 11 is 0. The first-order chi connectivity index (χ1) is 9.97. The van der Waals surface area contributed by atoms with Crippen LogP contribution < -0.4 is 10.2 Å². The molecule has 0 N–H and O–H groups in total. The molecule has 0 aliphatic heterocycles. The first-order valence-corrected chi connectivity index (χ1v) is 6.16. The van der Waals surface area contributed by atoms with Crippen LogP contribution >= 0.6 is 0 Å². The zero-order valence-electron chi connectivity index (χ0n) is 11.2. The molecular weight excluding hydrogens is 270 g/mol. The molecule has 0 unspecified atom stereocenters. The van der Waals surface area contributed by atoms with E-state index < -0.39 is 11.9 Å². The molecule has 0 atom stereocenters. The first kappa shape index (κ1) is 14.5. The summed E-state index contributed by atoms with van der Waals surface area (Å²) in [6.07, 6.45) is 1.99. The molecular formula is C16H11NO4-2. The predicted molar refractivity (Wildman–Crippen MR) is 73.5 cm³/mol. The minimum absolute atomic E-state index is 0.0324. The van der Waals surface area contributed by atoms with Gasteiger partial charge in [0, 0.05) is 11.0 Å². The van der Waals surface area contributed by atoms with Crippen molar-refractivity contribution in [2.24, 2.45) is 0 Å². The summed E-state index contributed by atoms with van der Waals surface area (Å²) < 4.78 is 0. The van der Waals surface area contributed by atoms with Crippen LogP contribution in [0.1, 0.15) is 12.6 Å². The zero-order valence-corrected chi connectivity index (χ0v) is 11.2. The van der Waals surface area contributed by atoms with Crippen LogP contribution in [-0.4, -0.2) is 16.9 Å². The van der Waals surface area contributed by atoms with Gasteiger partial charge in [-0.25, -0.2) is 4.98 Å². The van der Waals surface area contributed by atoms with Gasteiger partial charge in [-0.1, -0.05) is 24.3 Å². The molecule has 0 spiro atoms. The van der Waals surface area contributed by atoms with Crippen LogP contribution in [0.5, 0.6) is 0 Å². The fourth-order valence-corrected chi connectivity index (χ4v) is 1.90. The molecule has 0 radical (unpaired) electrons. The number of fused-ring (bicyclic) bond motifs is 1. The average molecular weight is 281 g/mol. The van der Waals surface area contributed by atoms with Gasteiger partial charge in [0.25, 0.3) is 0 Å². The molecule has 0 bridgehead atoms. The Bertz CT molecular complexity index is 775. The van der Waals surface area contributed by atoms with Gasteiger partial charge in [-0.3, -0.25) is 0 Å². The Morgan fingerprint density at radius 1 is 1.10 bits per heavy atom. The highest BCUT2D eigenvalue weighted by atomic mass is 16.4. The van der Waals surface area contributed by atoms with Gasteiger partial charge in [-0.2, -0.15) is 0 Å². The van der Waals surface area contributed by atoms with E-state index in [1.54, 1.807) is 18.2 Å². The van der Waals surface area contributed by atoms with Crippen LogP contribution in [0, 0.1) is 0 Å². The van der Waals surface area contributed by atoms with E-state index in [2.05, 4.69) is 4.98 Å². The maximum absolute atomic E-state index is 11.1. The van der Waals surface area contributed by atoms with Gasteiger partial charge < -0.3 is 19.8 Å². The Kier molecular flexibility index (Phi) is 4.13. The fraction of sp³-hybridized carbons (Fsp3) is 0.0625. The minimum atomic E-state index is -1.47. The number of aromatic nitrogens is 1. The van der Waals surface area contributed by atoms with Crippen LogP contribution in [0.4, 0.5) is 0 Å². The number of para-hydroxylation sites is 1. The van der Waals surface area contributed by atoms with Crippen molar-refractivity contribution in [2.45, 2.75) is 6.92 Å². The maximum atomic E-state index is 11.1. The molecule has 2 rings (SSSR count). The molecule has 1 aromatic carbocycles. The molecule has 21 heavy (non-hydrogen) atoms. The molecule has 106 valence electrons. The zero-order chi connectivity index (χ0) is 15.4. The van der Waals surface area contributed by atoms with E-state index in [9.17, 15) is 19.8 Å². The molecule has 0 saturated carbocycles. The number of hydrogen-bond acceptors (Lipinski definition) is 5. The van der Waals surface area contributed by atoms with E-state index in [1.807, 2.05) is 18.2 Å². The summed E-state index contributed by atoms with van der Waals surface area (Å²) in [6.45, 7) is 1.36. The highest BCUT2D eigenvalue weighted by Crippen LogP contribution is 2.16. The van der Waals surface area contributed by atoms with Crippen molar-refractivity contribution >= 4 is 28.9 Å². The van der Waals surface area contributed by atoms with Crippen LogP contribution in [0.3, 0.4) is 0 Å². The quantitative estimate of drug-likeness (QED) is 0.583. The number of benzene rings is 1. The van der Waals surface area contributed by atoms with E-state index >= 15 is 0 Å². The summed E-state index contributed by atoms with van der Waals surface area (Å²) in [5.41, 5.74) is 0.899. The summed E-state index contributed by atoms with van der Waals surface area (Å²) in [6, 6.07) is 10.8. The van der Waals surface area contributed by atoms with Crippen molar-refractivity contribution in [3.05, 3.63) is 59.3 Å². The Morgan fingerprint density at radius 2 is 1.81 bits per heavy atom. The molecule has 5 nitrogen and oxygen atoms in total. The second-order valence-corrected chi connectivity index (χ2v) is 4.42. The van der Waals surface area contributed by atoms with Gasteiger partial charge in [0.1, 0.15) is 0 Å².